The molecule has 0 saturated carbocycles. The van der Waals surface area contributed by atoms with Gasteiger partial charge in [-0.05, 0) is 44.0 Å². The molecule has 1 aromatic rings. The molecule has 1 fully saturated rings. The van der Waals surface area contributed by atoms with E-state index in [1.165, 1.54) is 10.4 Å². The molecule has 1 aliphatic heterocycles. The van der Waals surface area contributed by atoms with E-state index < -0.39 is 15.8 Å². The topological polar surface area (TPSA) is 72.6 Å². The molecular formula is C14H21Cl2FN2O3S. The molecule has 0 atom stereocenters. The van der Waals surface area contributed by atoms with E-state index in [1.807, 2.05) is 0 Å². The molecule has 23 heavy (non-hydrogen) atoms. The van der Waals surface area contributed by atoms with Crippen LogP contribution in [-0.4, -0.2) is 45.1 Å². The number of nitrogens with zero attached hydrogens (tertiary/aromatic N) is 1. The number of hydrogen-bond acceptors (Lipinski definition) is 4. The first-order valence-corrected chi connectivity index (χ1v) is 9.04. The van der Waals surface area contributed by atoms with Crippen molar-refractivity contribution < 1.29 is 17.5 Å². The van der Waals surface area contributed by atoms with Gasteiger partial charge in [-0.2, -0.15) is 4.31 Å². The number of ether oxygens (including phenoxy) is 1. The number of benzene rings is 1. The van der Waals surface area contributed by atoms with Crippen LogP contribution in [0.3, 0.4) is 0 Å². The molecule has 2 N–H and O–H groups in total. The number of sulfonamides is 1. The first-order valence-electron chi connectivity index (χ1n) is 7.22. The molecule has 5 nitrogen and oxygen atoms in total. The van der Waals surface area contributed by atoms with Gasteiger partial charge in [-0.1, -0.05) is 11.6 Å². The molecule has 2 rings (SSSR count). The Kier molecular flexibility index (Phi) is 8.20. The lowest BCUT2D eigenvalue weighted by Crippen LogP contribution is -2.41. The van der Waals surface area contributed by atoms with E-state index in [0.717, 1.165) is 18.6 Å². The van der Waals surface area contributed by atoms with Crippen molar-refractivity contribution in [3.8, 4) is 0 Å². The van der Waals surface area contributed by atoms with Crippen LogP contribution < -0.4 is 5.73 Å². The van der Waals surface area contributed by atoms with E-state index in [1.54, 1.807) is 0 Å². The zero-order chi connectivity index (χ0) is 16.2. The van der Waals surface area contributed by atoms with Crippen LogP contribution in [0.1, 0.15) is 19.3 Å². The molecular weight excluding hydrogens is 366 g/mol. The van der Waals surface area contributed by atoms with Crippen LogP contribution >= 0.6 is 24.0 Å². The lowest BCUT2D eigenvalue weighted by molar-refractivity contribution is 0.0209. The molecule has 0 aromatic heterocycles. The summed E-state index contributed by atoms with van der Waals surface area (Å²) in [6.45, 7) is 1.90. The first kappa shape index (κ1) is 20.6. The maximum atomic E-state index is 13.1. The third-order valence-electron chi connectivity index (χ3n) is 3.61. The molecule has 0 radical (unpaired) electrons. The molecule has 0 bridgehead atoms. The Labute approximate surface area is 147 Å². The van der Waals surface area contributed by atoms with Crippen molar-refractivity contribution in [3.05, 3.63) is 29.0 Å². The van der Waals surface area contributed by atoms with Crippen LogP contribution in [0.25, 0.3) is 0 Å². The van der Waals surface area contributed by atoms with Gasteiger partial charge in [0, 0.05) is 19.7 Å². The third-order valence-corrected chi connectivity index (χ3v) is 6.00. The maximum absolute atomic E-state index is 13.1. The minimum atomic E-state index is -3.70. The second-order valence-electron chi connectivity index (χ2n) is 5.19. The normalized spacial score (nSPS) is 17.0. The molecule has 0 aliphatic carbocycles. The number of piperidine rings is 1. The monoisotopic (exact) mass is 386 g/mol. The van der Waals surface area contributed by atoms with Crippen molar-refractivity contribution in [1.29, 1.82) is 0 Å². The van der Waals surface area contributed by atoms with E-state index >= 15 is 0 Å². The molecule has 1 saturated heterocycles. The first-order chi connectivity index (χ1) is 10.4. The highest BCUT2D eigenvalue weighted by Crippen LogP contribution is 2.27. The van der Waals surface area contributed by atoms with Gasteiger partial charge in [0.15, 0.2) is 0 Å². The number of halogens is 3. The highest BCUT2D eigenvalue weighted by atomic mass is 35.5. The van der Waals surface area contributed by atoms with E-state index in [0.29, 0.717) is 39.1 Å². The van der Waals surface area contributed by atoms with Gasteiger partial charge in [0.05, 0.1) is 11.1 Å². The van der Waals surface area contributed by atoms with E-state index in [4.69, 9.17) is 22.1 Å². The van der Waals surface area contributed by atoms with Gasteiger partial charge < -0.3 is 10.5 Å². The molecule has 1 aromatic carbocycles. The smallest absolute Gasteiger partial charge is 0.244 e. The molecule has 1 aliphatic rings. The fourth-order valence-electron chi connectivity index (χ4n) is 2.40. The summed E-state index contributed by atoms with van der Waals surface area (Å²) in [4.78, 5) is -0.0573. The standard InChI is InChI=1S/C14H20ClFN2O3S.ClH/c15-13-10-11(16)2-3-14(13)22(19,20)18-7-4-12(5-8-18)21-9-1-6-17;/h2-3,10,12H,1,4-9,17H2;1H. The lowest BCUT2D eigenvalue weighted by Gasteiger charge is -2.31. The van der Waals surface area contributed by atoms with Gasteiger partial charge in [0.25, 0.3) is 0 Å². The van der Waals surface area contributed by atoms with Gasteiger partial charge in [-0.3, -0.25) is 0 Å². The van der Waals surface area contributed by atoms with E-state index in [2.05, 4.69) is 0 Å². The Hall–Kier alpha value is -0.440. The average Bonchev–Trinajstić information content (AvgIpc) is 2.47. The minimum absolute atomic E-state index is 0. The van der Waals surface area contributed by atoms with Crippen molar-refractivity contribution in [2.75, 3.05) is 26.2 Å². The Morgan fingerprint density at radius 2 is 2.00 bits per heavy atom. The SMILES string of the molecule is Cl.NCCCOC1CCN(S(=O)(=O)c2ccc(F)cc2Cl)CC1. The minimum Gasteiger partial charge on any atom is -0.378 e. The summed E-state index contributed by atoms with van der Waals surface area (Å²) >= 11 is 5.86. The Bertz CT molecular complexity index is 608. The lowest BCUT2D eigenvalue weighted by atomic mass is 10.1. The van der Waals surface area contributed by atoms with Crippen LogP contribution in [0, 0.1) is 5.82 Å². The highest BCUT2D eigenvalue weighted by molar-refractivity contribution is 7.89. The van der Waals surface area contributed by atoms with Crippen molar-refractivity contribution in [2.24, 2.45) is 5.73 Å². The van der Waals surface area contributed by atoms with Gasteiger partial charge >= 0.3 is 0 Å². The predicted molar refractivity (Wildman–Crippen MR) is 90.1 cm³/mol. The molecule has 1 heterocycles. The number of hydrogen-bond donors (Lipinski definition) is 1. The Balaban J connectivity index is 0.00000264. The summed E-state index contributed by atoms with van der Waals surface area (Å²) < 4.78 is 45.2. The van der Waals surface area contributed by atoms with Gasteiger partial charge in [0.2, 0.25) is 10.0 Å². The Morgan fingerprint density at radius 1 is 1.35 bits per heavy atom. The molecule has 0 spiro atoms. The maximum Gasteiger partial charge on any atom is 0.244 e. The summed E-state index contributed by atoms with van der Waals surface area (Å²) in [7, 11) is -3.70. The van der Waals surface area contributed by atoms with Gasteiger partial charge in [-0.25, -0.2) is 12.8 Å². The molecule has 132 valence electrons. The summed E-state index contributed by atoms with van der Waals surface area (Å²) in [5, 5.41) is -0.0960. The van der Waals surface area contributed by atoms with Crippen LogP contribution in [-0.2, 0) is 14.8 Å². The summed E-state index contributed by atoms with van der Waals surface area (Å²) in [6.07, 6.45) is 2.11. The van der Waals surface area contributed by atoms with Crippen molar-refractivity contribution in [1.82, 2.24) is 4.31 Å². The summed E-state index contributed by atoms with van der Waals surface area (Å²) in [6, 6.07) is 3.31. The van der Waals surface area contributed by atoms with E-state index in [-0.39, 0.29) is 28.4 Å². The average molecular weight is 387 g/mol. The van der Waals surface area contributed by atoms with Crippen molar-refractivity contribution >= 4 is 34.0 Å². The number of rotatable bonds is 6. The fraction of sp³-hybridized carbons (Fsp3) is 0.571. The van der Waals surface area contributed by atoms with Crippen molar-refractivity contribution in [3.63, 3.8) is 0 Å². The van der Waals surface area contributed by atoms with Crippen molar-refractivity contribution in [2.45, 2.75) is 30.3 Å². The van der Waals surface area contributed by atoms with Gasteiger partial charge in [0.1, 0.15) is 10.7 Å². The quantitative estimate of drug-likeness (QED) is 0.761. The zero-order valence-electron chi connectivity index (χ0n) is 12.6. The zero-order valence-corrected chi connectivity index (χ0v) is 15.0. The Morgan fingerprint density at radius 3 is 2.57 bits per heavy atom. The molecule has 9 heteroatoms. The molecule has 0 unspecified atom stereocenters. The summed E-state index contributed by atoms with van der Waals surface area (Å²) in [5.74, 6) is -0.559. The fourth-order valence-corrected chi connectivity index (χ4v) is 4.37. The van der Waals surface area contributed by atoms with Gasteiger partial charge in [-0.15, -0.1) is 12.4 Å². The van der Waals surface area contributed by atoms with Crippen LogP contribution in [0.2, 0.25) is 5.02 Å². The van der Waals surface area contributed by atoms with E-state index in [9.17, 15) is 12.8 Å². The largest absolute Gasteiger partial charge is 0.378 e. The number of nitrogens with two attached hydrogens (primary N) is 1. The third kappa shape index (κ3) is 5.27. The molecule has 0 amide bonds. The summed E-state index contributed by atoms with van der Waals surface area (Å²) in [5.41, 5.74) is 5.41. The second-order valence-corrected chi connectivity index (χ2v) is 7.50. The van der Waals surface area contributed by atoms with Crippen LogP contribution in [0.5, 0.6) is 0 Å². The second kappa shape index (κ2) is 9.15. The van der Waals surface area contributed by atoms with Crippen LogP contribution in [0.15, 0.2) is 23.1 Å². The van der Waals surface area contributed by atoms with Crippen LogP contribution in [0.4, 0.5) is 4.39 Å². The predicted octanol–water partition coefficient (Wildman–Crippen LogP) is 2.42. The highest BCUT2D eigenvalue weighted by Gasteiger charge is 2.31.